The van der Waals surface area contributed by atoms with E-state index in [1.54, 1.807) is 0 Å². The van der Waals surface area contributed by atoms with Gasteiger partial charge < -0.3 is 15.2 Å². The second-order valence-corrected chi connectivity index (χ2v) is 7.88. The molecule has 0 aromatic carbocycles. The Bertz CT molecular complexity index is 601. The lowest BCUT2D eigenvalue weighted by Crippen LogP contribution is -2.46. The number of aromatic nitrogens is 3. The molecule has 1 saturated heterocycles. The summed E-state index contributed by atoms with van der Waals surface area (Å²) < 4.78 is 7.76. The molecular weight excluding hydrogens is 320 g/mol. The van der Waals surface area contributed by atoms with Crippen molar-refractivity contribution in [2.24, 2.45) is 11.8 Å². The molecule has 0 unspecified atom stereocenters. The molecule has 2 aliphatic carbocycles. The molecule has 1 aromatic rings. The van der Waals surface area contributed by atoms with Crippen LogP contribution in [0.3, 0.4) is 0 Å². The predicted octanol–water partition coefficient (Wildman–Crippen LogP) is 1.47. The van der Waals surface area contributed by atoms with E-state index in [0.29, 0.717) is 6.61 Å². The van der Waals surface area contributed by atoms with Gasteiger partial charge in [0.05, 0.1) is 37.1 Å². The maximum atomic E-state index is 11.9. The molecule has 2 heterocycles. The van der Waals surface area contributed by atoms with Crippen LogP contribution in [0.1, 0.15) is 58.1 Å². The highest BCUT2D eigenvalue weighted by Crippen LogP contribution is 2.31. The third-order valence-corrected chi connectivity index (χ3v) is 5.83. The number of aliphatic hydroxyl groups is 1. The summed E-state index contributed by atoms with van der Waals surface area (Å²) in [6, 6.07) is -0.207. The molecule has 4 rings (SSSR count). The topological polar surface area (TPSA) is 89.3 Å². The van der Waals surface area contributed by atoms with Crippen LogP contribution in [0.15, 0.2) is 6.20 Å². The van der Waals surface area contributed by atoms with Crippen molar-refractivity contribution in [2.75, 3.05) is 13.2 Å². The van der Waals surface area contributed by atoms with Crippen molar-refractivity contribution < 1.29 is 16.1 Å². The number of hydrogen-bond donors (Lipinski definition) is 2. The van der Waals surface area contributed by atoms with Crippen molar-refractivity contribution in [1.82, 2.24) is 20.3 Å². The van der Waals surface area contributed by atoms with Gasteiger partial charge in [0.25, 0.3) is 0 Å². The van der Waals surface area contributed by atoms with Gasteiger partial charge in [-0.3, -0.25) is 4.79 Å². The van der Waals surface area contributed by atoms with Crippen molar-refractivity contribution >= 4 is 5.91 Å². The molecule has 3 fully saturated rings. The van der Waals surface area contributed by atoms with E-state index in [-0.39, 0.29) is 38.0 Å². The Kier molecular flexibility index (Phi) is 5.03. The number of nitrogens with one attached hydrogen (secondary N) is 1. The number of carbonyl (C=O) groups is 1. The van der Waals surface area contributed by atoms with Crippen LogP contribution < -0.4 is 5.32 Å². The molecule has 1 aromatic heterocycles. The summed E-state index contributed by atoms with van der Waals surface area (Å²) in [5, 5.41) is 21.2. The van der Waals surface area contributed by atoms with Gasteiger partial charge in [0.2, 0.25) is 5.91 Å². The summed E-state index contributed by atoms with van der Waals surface area (Å²) in [7, 11) is 0. The van der Waals surface area contributed by atoms with Crippen LogP contribution >= 0.6 is 0 Å². The predicted molar refractivity (Wildman–Crippen MR) is 92.9 cm³/mol. The molecule has 0 bridgehead atoms. The van der Waals surface area contributed by atoms with Gasteiger partial charge in [0, 0.05) is 20.0 Å². The quantitative estimate of drug-likeness (QED) is 0.777. The number of rotatable bonds is 7. The van der Waals surface area contributed by atoms with E-state index in [2.05, 4.69) is 15.6 Å². The van der Waals surface area contributed by atoms with Crippen LogP contribution in [0.2, 0.25) is 0 Å². The summed E-state index contributed by atoms with van der Waals surface area (Å²) in [4.78, 5) is 11.9. The fraction of sp³-hybridized carbons (Fsp3) is 0.833. The van der Waals surface area contributed by atoms with Gasteiger partial charge in [-0.05, 0) is 25.2 Å². The summed E-state index contributed by atoms with van der Waals surface area (Å²) in [5.41, 5.74) is 1.07. The van der Waals surface area contributed by atoms with Gasteiger partial charge in [-0.25, -0.2) is 4.68 Å². The van der Waals surface area contributed by atoms with Crippen LogP contribution in [0.5, 0.6) is 0 Å². The van der Waals surface area contributed by atoms with Crippen molar-refractivity contribution in [3.8, 4) is 0 Å². The standard InChI is InChI=1S/C18H28N4O3.H2/c23-10-16(19-18(24)13-5-6-13)17-8-15(11-25-17)22-9-14(20-21-22)7-12-3-1-2-4-12;/h9,12-13,15-17,23H,1-8,10-11H2,(H,19,24);1H/t15-,16+,17+;/m1./s1. The normalized spacial score (nSPS) is 28.4. The van der Waals surface area contributed by atoms with Gasteiger partial charge in [-0.15, -0.1) is 5.10 Å². The van der Waals surface area contributed by atoms with Crippen molar-refractivity contribution in [3.05, 3.63) is 11.9 Å². The minimum Gasteiger partial charge on any atom is -0.394 e. The zero-order valence-corrected chi connectivity index (χ0v) is 14.6. The Hall–Kier alpha value is -1.47. The second-order valence-electron chi connectivity index (χ2n) is 7.88. The zero-order chi connectivity index (χ0) is 17.2. The first kappa shape index (κ1) is 17.0. The van der Waals surface area contributed by atoms with Crippen molar-refractivity contribution in [1.29, 1.82) is 0 Å². The number of nitrogens with zero attached hydrogens (tertiary/aromatic N) is 3. The van der Waals surface area contributed by atoms with Crippen LogP contribution in [0.4, 0.5) is 0 Å². The number of aliphatic hydroxyl groups excluding tert-OH is 1. The summed E-state index contributed by atoms with van der Waals surface area (Å²) >= 11 is 0. The zero-order valence-electron chi connectivity index (χ0n) is 14.6. The van der Waals surface area contributed by atoms with E-state index in [0.717, 1.165) is 37.3 Å². The van der Waals surface area contributed by atoms with Gasteiger partial charge in [-0.1, -0.05) is 30.9 Å². The van der Waals surface area contributed by atoms with E-state index in [9.17, 15) is 9.90 Å². The lowest BCUT2D eigenvalue weighted by Gasteiger charge is -2.22. The molecule has 0 spiro atoms. The lowest BCUT2D eigenvalue weighted by atomic mass is 10.0. The Balaban J connectivity index is 0.00000196. The van der Waals surface area contributed by atoms with E-state index in [4.69, 9.17) is 4.74 Å². The average molecular weight is 350 g/mol. The number of carbonyl (C=O) groups excluding carboxylic acids is 1. The SMILES string of the molecule is O=C(N[C@@H](CO)[C@@H]1C[C@@H](n2cc(CC3CCCC3)nn2)CO1)C1CC1.[HH]. The van der Waals surface area contributed by atoms with E-state index in [1.165, 1.54) is 25.7 Å². The number of amides is 1. The third kappa shape index (κ3) is 4.03. The molecule has 7 heteroatoms. The Morgan fingerprint density at radius 1 is 1.40 bits per heavy atom. The van der Waals surface area contributed by atoms with Crippen molar-refractivity contribution in [3.63, 3.8) is 0 Å². The molecule has 0 radical (unpaired) electrons. The first-order valence-electron chi connectivity index (χ1n) is 9.66. The molecule has 1 aliphatic heterocycles. The van der Waals surface area contributed by atoms with Crippen LogP contribution in [0, 0.1) is 11.8 Å². The minimum atomic E-state index is -0.334. The van der Waals surface area contributed by atoms with Crippen LogP contribution in [0.25, 0.3) is 0 Å². The first-order chi connectivity index (χ1) is 12.2. The maximum absolute atomic E-state index is 11.9. The highest BCUT2D eigenvalue weighted by atomic mass is 16.5. The minimum absolute atomic E-state index is 0. The number of ether oxygens (including phenoxy) is 1. The van der Waals surface area contributed by atoms with E-state index in [1.807, 2.05) is 10.9 Å². The fourth-order valence-electron chi connectivity index (χ4n) is 4.10. The third-order valence-electron chi connectivity index (χ3n) is 5.83. The van der Waals surface area contributed by atoms with Gasteiger partial charge in [0.1, 0.15) is 0 Å². The highest BCUT2D eigenvalue weighted by molar-refractivity contribution is 5.81. The van der Waals surface area contributed by atoms with Gasteiger partial charge >= 0.3 is 0 Å². The van der Waals surface area contributed by atoms with E-state index >= 15 is 0 Å². The van der Waals surface area contributed by atoms with Crippen LogP contribution in [-0.4, -0.2) is 51.4 Å². The molecule has 2 N–H and O–H groups in total. The highest BCUT2D eigenvalue weighted by Gasteiger charge is 2.37. The Morgan fingerprint density at radius 3 is 2.92 bits per heavy atom. The van der Waals surface area contributed by atoms with Crippen molar-refractivity contribution in [2.45, 2.75) is 69.6 Å². The molecule has 2 saturated carbocycles. The van der Waals surface area contributed by atoms with Gasteiger partial charge in [-0.2, -0.15) is 0 Å². The Labute approximate surface area is 149 Å². The lowest BCUT2D eigenvalue weighted by molar-refractivity contribution is -0.124. The Morgan fingerprint density at radius 2 is 2.20 bits per heavy atom. The maximum Gasteiger partial charge on any atom is 0.223 e. The average Bonchev–Trinajstić information content (AvgIpc) is 3.03. The molecular formula is C18H30N4O3. The monoisotopic (exact) mass is 350 g/mol. The van der Waals surface area contributed by atoms with Crippen LogP contribution in [-0.2, 0) is 16.0 Å². The summed E-state index contributed by atoms with van der Waals surface area (Å²) in [6.07, 6.45) is 10.8. The van der Waals surface area contributed by atoms with E-state index < -0.39 is 0 Å². The smallest absolute Gasteiger partial charge is 0.223 e. The molecule has 3 atom stereocenters. The molecule has 25 heavy (non-hydrogen) atoms. The first-order valence-corrected chi connectivity index (χ1v) is 9.66. The molecule has 3 aliphatic rings. The second kappa shape index (κ2) is 7.41. The molecule has 1 amide bonds. The fourth-order valence-corrected chi connectivity index (χ4v) is 4.10. The molecule has 7 nitrogen and oxygen atoms in total. The van der Waals surface area contributed by atoms with Gasteiger partial charge in [0.15, 0.2) is 0 Å². The summed E-state index contributed by atoms with van der Waals surface area (Å²) in [6.45, 7) is 0.451. The largest absolute Gasteiger partial charge is 0.394 e. The summed E-state index contributed by atoms with van der Waals surface area (Å²) in [5.74, 6) is 0.944. The number of hydrogen-bond acceptors (Lipinski definition) is 5. The molecule has 140 valence electrons.